The number of Topliss-reactive ketones (excluding diaryl/α,β-unsaturated/α-hetero) is 2. The summed E-state index contributed by atoms with van der Waals surface area (Å²) < 4.78 is 5.97. The number of hydrogen-bond donors (Lipinski definition) is 1. The lowest BCUT2D eigenvalue weighted by molar-refractivity contribution is -0.138. The Hall–Kier alpha value is -2.80. The van der Waals surface area contributed by atoms with Crippen LogP contribution >= 0.6 is 34.8 Å². The highest BCUT2D eigenvalue weighted by Crippen LogP contribution is 2.55. The van der Waals surface area contributed by atoms with Crippen LogP contribution in [-0.4, -0.2) is 34.1 Å². The van der Waals surface area contributed by atoms with Crippen LogP contribution in [0.15, 0.2) is 58.9 Å². The normalized spacial score (nSPS) is 20.2. The molecule has 5 rings (SSSR count). The first-order chi connectivity index (χ1) is 19.2. The average Bonchev–Trinajstić information content (AvgIpc) is 2.82. The molecule has 41 heavy (non-hydrogen) atoms. The van der Waals surface area contributed by atoms with Crippen molar-refractivity contribution in [3.63, 3.8) is 0 Å². The molecule has 0 fully saturated rings. The molecule has 1 N–H and O–H groups in total. The van der Waals surface area contributed by atoms with E-state index in [0.29, 0.717) is 46.0 Å². The minimum absolute atomic E-state index is 0.102. The van der Waals surface area contributed by atoms with Crippen LogP contribution in [0.4, 0.5) is 0 Å². The van der Waals surface area contributed by atoms with Crippen molar-refractivity contribution in [1.82, 2.24) is 4.90 Å². The van der Waals surface area contributed by atoms with Gasteiger partial charge >= 0.3 is 5.97 Å². The van der Waals surface area contributed by atoms with E-state index in [1.54, 1.807) is 29.2 Å². The molecule has 0 amide bonds. The molecular formula is C32H32Cl3NO5. The zero-order valence-electron chi connectivity index (χ0n) is 23.4. The summed E-state index contributed by atoms with van der Waals surface area (Å²) in [5.74, 6) is -1.64. The Morgan fingerprint density at radius 1 is 0.902 bits per heavy atom. The summed E-state index contributed by atoms with van der Waals surface area (Å²) in [5.41, 5.74) is 2.95. The lowest BCUT2D eigenvalue weighted by Crippen LogP contribution is -2.45. The van der Waals surface area contributed by atoms with Crippen LogP contribution in [0.25, 0.3) is 0 Å². The summed E-state index contributed by atoms with van der Waals surface area (Å²) in [6.07, 6.45) is 1.58. The Morgan fingerprint density at radius 3 is 1.93 bits per heavy atom. The molecule has 1 aliphatic heterocycles. The molecule has 6 nitrogen and oxygen atoms in total. The smallest absolute Gasteiger partial charge is 0.323 e. The molecular weight excluding hydrogens is 585 g/mol. The Labute approximate surface area is 254 Å². The lowest BCUT2D eigenvalue weighted by Gasteiger charge is -2.48. The van der Waals surface area contributed by atoms with Crippen molar-refractivity contribution >= 4 is 52.3 Å². The maximum absolute atomic E-state index is 13.8. The van der Waals surface area contributed by atoms with Crippen LogP contribution in [0, 0.1) is 10.8 Å². The van der Waals surface area contributed by atoms with Crippen molar-refractivity contribution in [3.05, 3.63) is 85.1 Å². The largest absolute Gasteiger partial charge is 0.486 e. The zero-order chi connectivity index (χ0) is 29.9. The highest BCUT2D eigenvalue weighted by molar-refractivity contribution is 6.37. The van der Waals surface area contributed by atoms with Gasteiger partial charge in [0, 0.05) is 46.3 Å². The molecule has 0 bridgehead atoms. The zero-order valence-corrected chi connectivity index (χ0v) is 25.7. The predicted octanol–water partition coefficient (Wildman–Crippen LogP) is 8.00. The quantitative estimate of drug-likeness (QED) is 0.354. The number of carboxylic acid groups (broad SMARTS) is 1. The summed E-state index contributed by atoms with van der Waals surface area (Å²) in [5, 5.41) is 10.9. The van der Waals surface area contributed by atoms with E-state index in [2.05, 4.69) is 0 Å². The van der Waals surface area contributed by atoms with Crippen molar-refractivity contribution < 1.29 is 24.2 Å². The van der Waals surface area contributed by atoms with Crippen molar-refractivity contribution in [2.75, 3.05) is 6.54 Å². The van der Waals surface area contributed by atoms with Crippen molar-refractivity contribution in [1.29, 1.82) is 0 Å². The highest BCUT2D eigenvalue weighted by Gasteiger charge is 2.49. The number of carboxylic acids is 1. The van der Waals surface area contributed by atoms with Crippen LogP contribution in [0.1, 0.15) is 70.4 Å². The molecule has 0 saturated carbocycles. The van der Waals surface area contributed by atoms with E-state index in [0.717, 1.165) is 5.56 Å². The molecule has 9 heteroatoms. The summed E-state index contributed by atoms with van der Waals surface area (Å²) in [6, 6.07) is 10.7. The van der Waals surface area contributed by atoms with Gasteiger partial charge in [-0.1, -0.05) is 74.6 Å². The van der Waals surface area contributed by atoms with Gasteiger partial charge in [0.15, 0.2) is 17.3 Å². The number of rotatable bonds is 6. The molecule has 2 aromatic carbocycles. The van der Waals surface area contributed by atoms with E-state index in [1.807, 2.05) is 39.8 Å². The maximum atomic E-state index is 13.8. The van der Waals surface area contributed by atoms with Crippen LogP contribution in [0.2, 0.25) is 15.1 Å². The van der Waals surface area contributed by atoms with E-state index in [-0.39, 0.29) is 64.2 Å². The molecule has 0 saturated heterocycles. The van der Waals surface area contributed by atoms with Crippen LogP contribution in [0.5, 0.6) is 5.75 Å². The lowest BCUT2D eigenvalue weighted by atomic mass is 9.63. The van der Waals surface area contributed by atoms with Gasteiger partial charge in [0.25, 0.3) is 0 Å². The number of ketones is 2. The van der Waals surface area contributed by atoms with E-state index in [9.17, 15) is 19.5 Å². The SMILES string of the molecule is CC1(C)CC(=O)C2=C(C1)N(CC(=O)O)C1=C(C(=O)CC(C)(C)C1)C2c1cc(Cl)c(OCc2cccc(Cl)c2)c(Cl)c1. The summed E-state index contributed by atoms with van der Waals surface area (Å²) in [6.45, 7) is 7.88. The fourth-order valence-electron chi connectivity index (χ4n) is 6.37. The van der Waals surface area contributed by atoms with Gasteiger partial charge in [-0.05, 0) is 59.1 Å². The number of halogens is 3. The molecule has 2 aliphatic carbocycles. The van der Waals surface area contributed by atoms with E-state index >= 15 is 0 Å². The fourth-order valence-corrected chi connectivity index (χ4v) is 7.20. The third-order valence-corrected chi connectivity index (χ3v) is 8.74. The minimum Gasteiger partial charge on any atom is -0.486 e. The summed E-state index contributed by atoms with van der Waals surface area (Å²) in [4.78, 5) is 41.4. The Morgan fingerprint density at radius 2 is 1.44 bits per heavy atom. The Kier molecular flexibility index (Phi) is 7.82. The predicted molar refractivity (Wildman–Crippen MR) is 159 cm³/mol. The second kappa shape index (κ2) is 10.8. The molecule has 0 unspecified atom stereocenters. The third-order valence-electron chi connectivity index (χ3n) is 7.94. The molecule has 3 aliphatic rings. The van der Waals surface area contributed by atoms with Crippen molar-refractivity contribution in [2.45, 2.75) is 65.9 Å². The second-order valence-corrected chi connectivity index (χ2v) is 14.0. The van der Waals surface area contributed by atoms with Gasteiger partial charge < -0.3 is 14.7 Å². The summed E-state index contributed by atoms with van der Waals surface area (Å²) in [7, 11) is 0. The number of allylic oxidation sites excluding steroid dienone is 4. The van der Waals surface area contributed by atoms with E-state index in [4.69, 9.17) is 39.5 Å². The second-order valence-electron chi connectivity index (χ2n) is 12.7. The van der Waals surface area contributed by atoms with Gasteiger partial charge in [-0.15, -0.1) is 0 Å². The van der Waals surface area contributed by atoms with Crippen LogP contribution < -0.4 is 4.74 Å². The minimum atomic E-state index is -1.03. The molecule has 0 spiro atoms. The van der Waals surface area contributed by atoms with Gasteiger partial charge in [0.05, 0.1) is 10.0 Å². The van der Waals surface area contributed by atoms with Gasteiger partial charge in [0.1, 0.15) is 13.2 Å². The van der Waals surface area contributed by atoms with Gasteiger partial charge in [0.2, 0.25) is 0 Å². The molecule has 216 valence electrons. The molecule has 2 aromatic rings. The number of ether oxygens (including phenoxy) is 1. The number of nitrogens with zero attached hydrogens (tertiary/aromatic N) is 1. The number of hydrogen-bond acceptors (Lipinski definition) is 5. The first-order valence-corrected chi connectivity index (χ1v) is 14.7. The molecule has 0 aromatic heterocycles. The number of aliphatic carboxylic acids is 1. The van der Waals surface area contributed by atoms with Gasteiger partial charge in [-0.3, -0.25) is 14.4 Å². The van der Waals surface area contributed by atoms with Gasteiger partial charge in [-0.2, -0.15) is 0 Å². The monoisotopic (exact) mass is 615 g/mol. The highest BCUT2D eigenvalue weighted by atomic mass is 35.5. The first-order valence-electron chi connectivity index (χ1n) is 13.5. The topological polar surface area (TPSA) is 83.9 Å². The van der Waals surface area contributed by atoms with Crippen molar-refractivity contribution in [3.8, 4) is 5.75 Å². The molecule has 0 radical (unpaired) electrons. The van der Waals surface area contributed by atoms with Gasteiger partial charge in [-0.25, -0.2) is 0 Å². The number of carbonyl (C=O) groups is 3. The first kappa shape index (κ1) is 29.7. The number of carbonyl (C=O) groups excluding carboxylic acids is 2. The fraction of sp³-hybridized carbons (Fsp3) is 0.406. The number of benzene rings is 2. The standard InChI is InChI=1S/C32H32Cl3NO5/c1-31(2)11-22-28(24(37)13-31)27(29-23(36(22)15-26(39)40)12-32(3,4)14-25(29)38)18-9-20(34)30(21(35)10-18)41-16-17-6-5-7-19(33)8-17/h5-10,27H,11-16H2,1-4H3,(H,39,40). The summed E-state index contributed by atoms with van der Waals surface area (Å²) >= 11 is 19.6. The Bertz CT molecular complexity index is 1460. The Balaban J connectivity index is 1.64. The third kappa shape index (κ3) is 5.93. The maximum Gasteiger partial charge on any atom is 0.323 e. The van der Waals surface area contributed by atoms with E-state index in [1.165, 1.54) is 0 Å². The van der Waals surface area contributed by atoms with E-state index < -0.39 is 11.9 Å². The molecule has 0 atom stereocenters. The van der Waals surface area contributed by atoms with Crippen LogP contribution in [0.3, 0.4) is 0 Å². The molecule has 1 heterocycles. The van der Waals surface area contributed by atoms with Crippen LogP contribution in [-0.2, 0) is 21.0 Å². The average molecular weight is 617 g/mol. The van der Waals surface area contributed by atoms with Crippen molar-refractivity contribution in [2.24, 2.45) is 10.8 Å².